The highest BCUT2D eigenvalue weighted by atomic mass is 32.1. The molecule has 1 fully saturated rings. The molecule has 0 bridgehead atoms. The number of rotatable bonds is 3. The molecule has 2 atom stereocenters. The van der Waals surface area contributed by atoms with E-state index < -0.39 is 0 Å². The minimum absolute atomic E-state index is 0.0166. The third kappa shape index (κ3) is 2.13. The van der Waals surface area contributed by atoms with Crippen LogP contribution in [0.5, 0.6) is 0 Å². The van der Waals surface area contributed by atoms with Crippen LogP contribution in [0.15, 0.2) is 17.5 Å². The third-order valence-electron chi connectivity index (χ3n) is 2.91. The van der Waals surface area contributed by atoms with Crippen molar-refractivity contribution < 1.29 is 4.79 Å². The first-order chi connectivity index (χ1) is 7.59. The van der Waals surface area contributed by atoms with E-state index in [1.807, 2.05) is 23.4 Å². The molecule has 1 amide bonds. The topological polar surface area (TPSA) is 32.3 Å². The summed E-state index contributed by atoms with van der Waals surface area (Å²) in [6, 6.07) is 4.08. The van der Waals surface area contributed by atoms with E-state index >= 15 is 0 Å². The van der Waals surface area contributed by atoms with Gasteiger partial charge in [-0.2, -0.15) is 0 Å². The lowest BCUT2D eigenvalue weighted by Gasteiger charge is -2.17. The quantitative estimate of drug-likeness (QED) is 0.875. The van der Waals surface area contributed by atoms with Gasteiger partial charge in [-0.05, 0) is 23.8 Å². The standard InChI is InChI=1S/C12H18N2OS/c1-8(2)7-9-12(15)14(3)11(13-9)10-5-4-6-16-10/h4-6,8-9,11,13H,7H2,1-3H3. The molecule has 3 nitrogen and oxygen atoms in total. The van der Waals surface area contributed by atoms with Crippen molar-refractivity contribution in [1.29, 1.82) is 0 Å². The summed E-state index contributed by atoms with van der Waals surface area (Å²) in [5, 5.41) is 5.46. The van der Waals surface area contributed by atoms with Crippen LogP contribution in [0.3, 0.4) is 0 Å². The number of likely N-dealkylation sites (N-methyl/N-ethyl adjacent to an activating group) is 1. The fourth-order valence-corrected chi connectivity index (χ4v) is 2.93. The molecule has 2 rings (SSSR count). The van der Waals surface area contributed by atoms with Crippen LogP contribution >= 0.6 is 11.3 Å². The number of hydrogen-bond donors (Lipinski definition) is 1. The van der Waals surface area contributed by atoms with Gasteiger partial charge in [0, 0.05) is 11.9 Å². The molecule has 1 aliphatic rings. The van der Waals surface area contributed by atoms with Crippen molar-refractivity contribution >= 4 is 17.2 Å². The Balaban J connectivity index is 2.11. The fraction of sp³-hybridized carbons (Fsp3) is 0.583. The molecule has 2 heterocycles. The molecule has 88 valence electrons. The maximum absolute atomic E-state index is 12.0. The Hall–Kier alpha value is -0.870. The van der Waals surface area contributed by atoms with Gasteiger partial charge in [-0.1, -0.05) is 19.9 Å². The number of nitrogens with one attached hydrogen (secondary N) is 1. The number of nitrogens with zero attached hydrogens (tertiary/aromatic N) is 1. The lowest BCUT2D eigenvalue weighted by atomic mass is 10.0. The molecule has 0 aromatic carbocycles. The van der Waals surface area contributed by atoms with Crippen LogP contribution in [0.2, 0.25) is 0 Å². The number of amides is 1. The first-order valence-corrected chi connectivity index (χ1v) is 6.53. The predicted molar refractivity (Wildman–Crippen MR) is 66.2 cm³/mol. The van der Waals surface area contributed by atoms with Crippen LogP contribution in [0.25, 0.3) is 0 Å². The van der Waals surface area contributed by atoms with Crippen molar-refractivity contribution in [2.75, 3.05) is 7.05 Å². The molecule has 1 N–H and O–H groups in total. The van der Waals surface area contributed by atoms with Crippen LogP contribution in [0, 0.1) is 5.92 Å². The third-order valence-corrected chi connectivity index (χ3v) is 3.84. The SMILES string of the molecule is CC(C)CC1NC(c2cccs2)N(C)C1=O. The van der Waals surface area contributed by atoms with Crippen molar-refractivity contribution in [3.05, 3.63) is 22.4 Å². The number of carbonyl (C=O) groups is 1. The van der Waals surface area contributed by atoms with Crippen LogP contribution in [-0.4, -0.2) is 23.9 Å². The lowest BCUT2D eigenvalue weighted by Crippen LogP contribution is -2.30. The maximum Gasteiger partial charge on any atom is 0.241 e. The van der Waals surface area contributed by atoms with Crippen molar-refractivity contribution in [1.82, 2.24) is 10.2 Å². The van der Waals surface area contributed by atoms with Gasteiger partial charge in [0.1, 0.15) is 6.17 Å². The number of hydrogen-bond acceptors (Lipinski definition) is 3. The normalized spacial score (nSPS) is 25.8. The van der Waals surface area contributed by atoms with Gasteiger partial charge in [-0.25, -0.2) is 0 Å². The molecule has 0 aliphatic carbocycles. The Morgan fingerprint density at radius 1 is 1.56 bits per heavy atom. The van der Waals surface area contributed by atoms with Crippen LogP contribution in [-0.2, 0) is 4.79 Å². The first kappa shape index (κ1) is 11.6. The molecule has 0 radical (unpaired) electrons. The Bertz CT molecular complexity index is 361. The number of thiophene rings is 1. The smallest absolute Gasteiger partial charge is 0.241 e. The second-order valence-corrected chi connectivity index (χ2v) is 5.70. The largest absolute Gasteiger partial charge is 0.324 e. The van der Waals surface area contributed by atoms with Gasteiger partial charge in [-0.15, -0.1) is 11.3 Å². The Kier molecular flexibility index (Phi) is 3.30. The van der Waals surface area contributed by atoms with E-state index in [1.54, 1.807) is 11.3 Å². The molecule has 0 saturated carbocycles. The molecule has 1 saturated heterocycles. The fourth-order valence-electron chi connectivity index (χ4n) is 2.11. The van der Waals surface area contributed by atoms with E-state index in [0.29, 0.717) is 5.92 Å². The summed E-state index contributed by atoms with van der Waals surface area (Å²) in [4.78, 5) is 15.0. The maximum atomic E-state index is 12.0. The molecular formula is C12H18N2OS. The summed E-state index contributed by atoms with van der Waals surface area (Å²) in [5.41, 5.74) is 0. The summed E-state index contributed by atoms with van der Waals surface area (Å²) in [6.07, 6.45) is 0.974. The lowest BCUT2D eigenvalue weighted by molar-refractivity contribution is -0.129. The molecule has 0 spiro atoms. The second-order valence-electron chi connectivity index (χ2n) is 4.72. The van der Waals surface area contributed by atoms with E-state index in [1.165, 1.54) is 4.88 Å². The van der Waals surface area contributed by atoms with E-state index in [4.69, 9.17) is 0 Å². The molecule has 16 heavy (non-hydrogen) atoms. The summed E-state index contributed by atoms with van der Waals surface area (Å²) < 4.78 is 0. The van der Waals surface area contributed by atoms with Crippen molar-refractivity contribution in [2.24, 2.45) is 5.92 Å². The van der Waals surface area contributed by atoms with Crippen molar-refractivity contribution in [2.45, 2.75) is 32.5 Å². The van der Waals surface area contributed by atoms with Crippen LogP contribution in [0.4, 0.5) is 0 Å². The molecule has 1 aromatic heterocycles. The molecule has 1 aliphatic heterocycles. The van der Waals surface area contributed by atoms with Gasteiger partial charge in [-0.3, -0.25) is 10.1 Å². The van der Waals surface area contributed by atoms with Gasteiger partial charge in [0.05, 0.1) is 6.04 Å². The molecule has 4 heteroatoms. The Labute approximate surface area is 100 Å². The average molecular weight is 238 g/mol. The molecular weight excluding hydrogens is 220 g/mol. The second kappa shape index (κ2) is 4.55. The Morgan fingerprint density at radius 3 is 2.88 bits per heavy atom. The minimum atomic E-state index is -0.0166. The molecule has 1 aromatic rings. The van der Waals surface area contributed by atoms with Gasteiger partial charge in [0.15, 0.2) is 0 Å². The van der Waals surface area contributed by atoms with E-state index in [2.05, 4.69) is 25.2 Å². The van der Waals surface area contributed by atoms with Gasteiger partial charge in [0.25, 0.3) is 0 Å². The zero-order valence-electron chi connectivity index (χ0n) is 9.93. The van der Waals surface area contributed by atoms with Gasteiger partial charge in [0.2, 0.25) is 5.91 Å². The van der Waals surface area contributed by atoms with Crippen molar-refractivity contribution in [3.8, 4) is 0 Å². The zero-order chi connectivity index (χ0) is 11.7. The highest BCUT2D eigenvalue weighted by molar-refractivity contribution is 7.10. The predicted octanol–water partition coefficient (Wildman–Crippen LogP) is 2.22. The van der Waals surface area contributed by atoms with Crippen LogP contribution in [0.1, 0.15) is 31.3 Å². The van der Waals surface area contributed by atoms with E-state index in [-0.39, 0.29) is 18.1 Å². The highest BCUT2D eigenvalue weighted by Gasteiger charge is 2.37. The summed E-state index contributed by atoms with van der Waals surface area (Å²) in [5.74, 6) is 0.754. The van der Waals surface area contributed by atoms with Gasteiger partial charge >= 0.3 is 0 Å². The Morgan fingerprint density at radius 2 is 2.31 bits per heavy atom. The van der Waals surface area contributed by atoms with Gasteiger partial charge < -0.3 is 4.90 Å². The number of carbonyl (C=O) groups excluding carboxylic acids is 1. The average Bonchev–Trinajstić information content (AvgIpc) is 2.81. The first-order valence-electron chi connectivity index (χ1n) is 5.65. The van der Waals surface area contributed by atoms with E-state index in [0.717, 1.165) is 6.42 Å². The summed E-state index contributed by atoms with van der Waals surface area (Å²) in [6.45, 7) is 4.29. The minimum Gasteiger partial charge on any atom is -0.324 e. The summed E-state index contributed by atoms with van der Waals surface area (Å²) in [7, 11) is 1.88. The van der Waals surface area contributed by atoms with Crippen molar-refractivity contribution in [3.63, 3.8) is 0 Å². The van der Waals surface area contributed by atoms with E-state index in [9.17, 15) is 4.79 Å². The highest BCUT2D eigenvalue weighted by Crippen LogP contribution is 2.28. The zero-order valence-corrected chi connectivity index (χ0v) is 10.8. The summed E-state index contributed by atoms with van der Waals surface area (Å²) >= 11 is 1.69. The van der Waals surface area contributed by atoms with Crippen LogP contribution < -0.4 is 5.32 Å². The molecule has 2 unspecified atom stereocenters. The monoisotopic (exact) mass is 238 g/mol.